The molecule has 0 aromatic heterocycles. The molecule has 232 valence electrons. The number of nitrogens with one attached hydrogen (secondary N) is 2. The Morgan fingerprint density at radius 1 is 0.650 bits per heavy atom. The highest BCUT2D eigenvalue weighted by Crippen LogP contribution is 2.30. The van der Waals surface area contributed by atoms with Gasteiger partial charge in [0.15, 0.2) is 18.9 Å². The molecule has 3 fully saturated rings. The van der Waals surface area contributed by atoms with Crippen LogP contribution in [0.25, 0.3) is 0 Å². The standard InChI is InChI=1S/C22H38N2O16/c1-6(27)23-11-15(31)14(30)10(37-20(11)35)5-36-21-12(24-7(2)28)16(32)19(9(4-26)39-21)40-22-18(34)17(33)13(29)8(3-25)38-22/h8-22,25-26,29-35H,3-5H2,1-2H3,(H,23,27)(H,24,28)/t8-,9-,10-,11-,12-,13+,14+,15-,16-,17+,18-,19+,20?,21-,22+/m1/s1. The van der Waals surface area contributed by atoms with Crippen LogP contribution in [0.5, 0.6) is 0 Å². The summed E-state index contributed by atoms with van der Waals surface area (Å²) in [6.07, 6.45) is -20.8. The van der Waals surface area contributed by atoms with E-state index < -0.39 is 124 Å². The van der Waals surface area contributed by atoms with Gasteiger partial charge in [0.1, 0.15) is 73.1 Å². The van der Waals surface area contributed by atoms with Gasteiger partial charge in [-0.3, -0.25) is 9.59 Å². The number of carbonyl (C=O) groups is 2. The van der Waals surface area contributed by atoms with Crippen LogP contribution in [0.3, 0.4) is 0 Å². The van der Waals surface area contributed by atoms with Crippen molar-refractivity contribution in [2.24, 2.45) is 0 Å². The van der Waals surface area contributed by atoms with Gasteiger partial charge >= 0.3 is 0 Å². The minimum Gasteiger partial charge on any atom is -0.394 e. The first-order valence-electron chi connectivity index (χ1n) is 12.6. The summed E-state index contributed by atoms with van der Waals surface area (Å²) in [7, 11) is 0. The zero-order chi connectivity index (χ0) is 29.9. The normalized spacial score (nSPS) is 46.0. The van der Waals surface area contributed by atoms with Crippen LogP contribution in [-0.2, 0) is 33.3 Å². The molecule has 15 atom stereocenters. The summed E-state index contributed by atoms with van der Waals surface area (Å²) in [5, 5.41) is 96.3. The quantitative estimate of drug-likeness (QED) is 0.120. The van der Waals surface area contributed by atoms with Gasteiger partial charge in [0.05, 0.1) is 19.8 Å². The Morgan fingerprint density at radius 2 is 1.20 bits per heavy atom. The topological polar surface area (TPSA) is 286 Å². The number of aliphatic hydroxyl groups is 9. The lowest BCUT2D eigenvalue weighted by atomic mass is 9.95. The van der Waals surface area contributed by atoms with Crippen molar-refractivity contribution in [1.82, 2.24) is 10.6 Å². The van der Waals surface area contributed by atoms with E-state index >= 15 is 0 Å². The SMILES string of the molecule is CC(=O)N[C@H]1[C@H](OC[C@H]2OC(O)[C@H](NC(C)=O)[C@@H](O)[C@H]2O)O[C@H](CO)[C@H](O[C@@H]2O[C@H](CO)[C@H](O)[C@H](O)[C@H]2O)[C@@H]1O. The fourth-order valence-electron chi connectivity index (χ4n) is 4.76. The predicted octanol–water partition coefficient (Wildman–Crippen LogP) is -7.29. The molecular weight excluding hydrogens is 548 g/mol. The average molecular weight is 587 g/mol. The third kappa shape index (κ3) is 7.23. The molecule has 18 heteroatoms. The summed E-state index contributed by atoms with van der Waals surface area (Å²) in [6, 6.07) is -2.72. The van der Waals surface area contributed by atoms with Gasteiger partial charge in [-0.25, -0.2) is 0 Å². The predicted molar refractivity (Wildman–Crippen MR) is 124 cm³/mol. The monoisotopic (exact) mass is 586 g/mol. The van der Waals surface area contributed by atoms with Gasteiger partial charge in [0.2, 0.25) is 11.8 Å². The molecular formula is C22H38N2O16. The summed E-state index contributed by atoms with van der Waals surface area (Å²) in [5.41, 5.74) is 0. The molecule has 3 aliphatic heterocycles. The minimum absolute atomic E-state index is 0.564. The second kappa shape index (κ2) is 14.0. The van der Waals surface area contributed by atoms with Crippen LogP contribution in [-0.4, -0.2) is 170 Å². The van der Waals surface area contributed by atoms with Gasteiger partial charge in [0, 0.05) is 13.8 Å². The van der Waals surface area contributed by atoms with Gasteiger partial charge in [-0.1, -0.05) is 0 Å². The number of rotatable bonds is 9. The van der Waals surface area contributed by atoms with Gasteiger partial charge in [-0.15, -0.1) is 0 Å². The van der Waals surface area contributed by atoms with Crippen LogP contribution < -0.4 is 10.6 Å². The summed E-state index contributed by atoms with van der Waals surface area (Å²) in [5.74, 6) is -1.24. The summed E-state index contributed by atoms with van der Waals surface area (Å²) in [6.45, 7) is 0.168. The number of hydrogen-bond acceptors (Lipinski definition) is 16. The van der Waals surface area contributed by atoms with Crippen molar-refractivity contribution in [1.29, 1.82) is 0 Å². The first-order chi connectivity index (χ1) is 18.8. The Balaban J connectivity index is 1.73. The van der Waals surface area contributed by atoms with Gasteiger partial charge in [-0.2, -0.15) is 0 Å². The van der Waals surface area contributed by atoms with Crippen LogP contribution in [0, 0.1) is 0 Å². The van der Waals surface area contributed by atoms with Crippen molar-refractivity contribution in [2.45, 2.75) is 106 Å². The molecule has 0 spiro atoms. The van der Waals surface area contributed by atoms with E-state index in [0.29, 0.717) is 0 Å². The number of carbonyl (C=O) groups excluding carboxylic acids is 2. The van der Waals surface area contributed by atoms with Crippen molar-refractivity contribution in [3.63, 3.8) is 0 Å². The molecule has 11 N–H and O–H groups in total. The van der Waals surface area contributed by atoms with Crippen LogP contribution >= 0.6 is 0 Å². The summed E-state index contributed by atoms with van der Waals surface area (Å²) >= 11 is 0. The zero-order valence-electron chi connectivity index (χ0n) is 21.7. The molecule has 0 radical (unpaired) electrons. The second-order valence-electron chi connectivity index (χ2n) is 9.85. The highest BCUT2D eigenvalue weighted by atomic mass is 16.7. The van der Waals surface area contributed by atoms with Gasteiger partial charge < -0.3 is 80.3 Å². The van der Waals surface area contributed by atoms with E-state index in [4.69, 9.17) is 23.7 Å². The number of ether oxygens (including phenoxy) is 5. The molecule has 3 rings (SSSR count). The van der Waals surface area contributed by atoms with E-state index in [2.05, 4.69) is 10.6 Å². The Morgan fingerprint density at radius 3 is 1.77 bits per heavy atom. The van der Waals surface area contributed by atoms with Crippen molar-refractivity contribution in [3.8, 4) is 0 Å². The first-order valence-corrected chi connectivity index (χ1v) is 12.6. The van der Waals surface area contributed by atoms with Gasteiger partial charge in [-0.05, 0) is 0 Å². The second-order valence-corrected chi connectivity index (χ2v) is 9.85. The van der Waals surface area contributed by atoms with Crippen molar-refractivity contribution >= 4 is 11.8 Å². The molecule has 0 aromatic rings. The van der Waals surface area contributed by atoms with Crippen molar-refractivity contribution < 1.29 is 79.2 Å². The number of hydrogen-bond donors (Lipinski definition) is 11. The van der Waals surface area contributed by atoms with Crippen LogP contribution in [0.4, 0.5) is 0 Å². The molecule has 18 nitrogen and oxygen atoms in total. The van der Waals surface area contributed by atoms with Crippen molar-refractivity contribution in [3.05, 3.63) is 0 Å². The highest BCUT2D eigenvalue weighted by molar-refractivity contribution is 5.73. The molecule has 3 saturated heterocycles. The molecule has 1 unspecified atom stereocenters. The molecule has 3 heterocycles. The lowest BCUT2D eigenvalue weighted by Crippen LogP contribution is -2.68. The Bertz CT molecular complexity index is 852. The Labute approximate surface area is 228 Å². The molecule has 0 aromatic carbocycles. The van der Waals surface area contributed by atoms with E-state index in [1.165, 1.54) is 0 Å². The smallest absolute Gasteiger partial charge is 0.217 e. The number of aliphatic hydroxyl groups excluding tert-OH is 9. The lowest BCUT2D eigenvalue weighted by molar-refractivity contribution is -0.351. The zero-order valence-corrected chi connectivity index (χ0v) is 21.7. The fraction of sp³-hybridized carbons (Fsp3) is 0.909. The molecule has 3 aliphatic rings. The van der Waals surface area contributed by atoms with Crippen LogP contribution in [0.1, 0.15) is 13.8 Å². The minimum atomic E-state index is -1.83. The molecule has 40 heavy (non-hydrogen) atoms. The van der Waals surface area contributed by atoms with E-state index in [-0.39, 0.29) is 0 Å². The molecule has 0 aliphatic carbocycles. The summed E-state index contributed by atoms with van der Waals surface area (Å²) in [4.78, 5) is 23.2. The molecule has 0 bridgehead atoms. The largest absolute Gasteiger partial charge is 0.394 e. The van der Waals surface area contributed by atoms with Gasteiger partial charge in [0.25, 0.3) is 0 Å². The Hall–Kier alpha value is -1.62. The third-order valence-electron chi connectivity index (χ3n) is 6.88. The van der Waals surface area contributed by atoms with Crippen LogP contribution in [0.2, 0.25) is 0 Å². The summed E-state index contributed by atoms with van der Waals surface area (Å²) < 4.78 is 27.4. The maximum Gasteiger partial charge on any atom is 0.217 e. The Kier molecular flexibility index (Phi) is 11.5. The average Bonchev–Trinajstić information content (AvgIpc) is 2.90. The molecule has 2 amide bonds. The maximum atomic E-state index is 11.9. The molecule has 0 saturated carbocycles. The first kappa shape index (κ1) is 32.9. The highest BCUT2D eigenvalue weighted by Gasteiger charge is 2.52. The lowest BCUT2D eigenvalue weighted by Gasteiger charge is -2.47. The van der Waals surface area contributed by atoms with E-state index in [0.717, 1.165) is 13.8 Å². The number of amides is 2. The van der Waals surface area contributed by atoms with Crippen LogP contribution in [0.15, 0.2) is 0 Å². The van der Waals surface area contributed by atoms with E-state index in [1.807, 2.05) is 0 Å². The van der Waals surface area contributed by atoms with Crippen molar-refractivity contribution in [2.75, 3.05) is 19.8 Å². The maximum absolute atomic E-state index is 11.9. The van der Waals surface area contributed by atoms with E-state index in [1.54, 1.807) is 0 Å². The third-order valence-corrected chi connectivity index (χ3v) is 6.88. The fourth-order valence-corrected chi connectivity index (χ4v) is 4.76. The van der Waals surface area contributed by atoms with E-state index in [9.17, 15) is 55.5 Å².